The molecule has 3 aromatic rings. The first kappa shape index (κ1) is 15.7. The number of carbonyl (C=O) groups is 1. The highest BCUT2D eigenvalue weighted by atomic mass is 35.5. The highest BCUT2D eigenvalue weighted by Crippen LogP contribution is 2.25. The summed E-state index contributed by atoms with van der Waals surface area (Å²) >= 11 is 10.3. The molecule has 0 aliphatic heterocycles. The first-order valence-corrected chi connectivity index (χ1v) is 9.51. The molecule has 3 aromatic heterocycles. The molecule has 0 fully saturated rings. The number of nitrogens with zero attached hydrogens (tertiary/aromatic N) is 3. The van der Waals surface area contributed by atoms with E-state index in [2.05, 4.69) is 16.3 Å². The average molecular weight is 370 g/mol. The fourth-order valence-corrected chi connectivity index (χ4v) is 4.45. The van der Waals surface area contributed by atoms with E-state index in [4.69, 9.17) is 11.6 Å². The zero-order valence-electron chi connectivity index (χ0n) is 11.7. The largest absolute Gasteiger partial charge is 0.309 e. The molecule has 3 rings (SSSR count). The number of thioether (sulfide) groups is 1. The number of ketones is 1. The van der Waals surface area contributed by atoms with Gasteiger partial charge in [-0.15, -0.1) is 32.9 Å². The van der Waals surface area contributed by atoms with E-state index in [0.29, 0.717) is 15.0 Å². The van der Waals surface area contributed by atoms with Crippen molar-refractivity contribution in [2.75, 3.05) is 5.75 Å². The summed E-state index contributed by atoms with van der Waals surface area (Å²) in [5.74, 6) is 1.29. The van der Waals surface area contributed by atoms with Gasteiger partial charge in [0.25, 0.3) is 0 Å². The average Bonchev–Trinajstić information content (AvgIpc) is 3.22. The highest BCUT2D eigenvalue weighted by molar-refractivity contribution is 7.99. The topological polar surface area (TPSA) is 47.8 Å². The van der Waals surface area contributed by atoms with Crippen LogP contribution in [-0.4, -0.2) is 26.3 Å². The Morgan fingerprint density at radius 1 is 1.36 bits per heavy atom. The molecule has 4 nitrogen and oxygen atoms in total. The molecular weight excluding hydrogens is 358 g/mol. The van der Waals surface area contributed by atoms with Gasteiger partial charge < -0.3 is 4.57 Å². The Hall–Kier alpha value is -1.15. The van der Waals surface area contributed by atoms with Crippen molar-refractivity contribution < 1.29 is 4.79 Å². The molecular formula is C14H12ClN3OS3. The number of Topliss-reactive ketones (excluding diaryl/α,β-unsaturated/α-hetero) is 1. The Morgan fingerprint density at radius 3 is 2.91 bits per heavy atom. The molecule has 0 radical (unpaired) electrons. The second kappa shape index (κ2) is 6.95. The normalized spacial score (nSPS) is 11.0. The minimum atomic E-state index is 0.0599. The molecule has 0 saturated carbocycles. The van der Waals surface area contributed by atoms with Crippen molar-refractivity contribution in [3.63, 3.8) is 0 Å². The molecule has 0 spiro atoms. The highest BCUT2D eigenvalue weighted by Gasteiger charge is 2.14. The van der Waals surface area contributed by atoms with E-state index in [1.54, 1.807) is 23.5 Å². The van der Waals surface area contributed by atoms with E-state index in [1.165, 1.54) is 28.0 Å². The number of rotatable bonds is 6. The summed E-state index contributed by atoms with van der Waals surface area (Å²) in [5.41, 5.74) is 0. The molecule has 0 atom stereocenters. The number of carbonyl (C=O) groups excluding carboxylic acids is 1. The van der Waals surface area contributed by atoms with Gasteiger partial charge in [0.15, 0.2) is 10.9 Å². The third kappa shape index (κ3) is 3.60. The van der Waals surface area contributed by atoms with E-state index in [0.717, 1.165) is 17.4 Å². The van der Waals surface area contributed by atoms with Gasteiger partial charge in [-0.3, -0.25) is 4.79 Å². The van der Waals surface area contributed by atoms with E-state index in [-0.39, 0.29) is 5.78 Å². The summed E-state index contributed by atoms with van der Waals surface area (Å²) in [4.78, 5) is 14.0. The van der Waals surface area contributed by atoms with Gasteiger partial charge in [0.1, 0.15) is 5.82 Å². The summed E-state index contributed by atoms with van der Waals surface area (Å²) in [6, 6.07) is 7.60. The molecule has 0 bridgehead atoms. The smallest absolute Gasteiger partial charge is 0.191 e. The van der Waals surface area contributed by atoms with Crippen molar-refractivity contribution in [3.05, 3.63) is 49.6 Å². The number of halogens is 1. The molecule has 0 aliphatic carbocycles. The minimum Gasteiger partial charge on any atom is -0.309 e. The van der Waals surface area contributed by atoms with Gasteiger partial charge in [0, 0.05) is 18.3 Å². The van der Waals surface area contributed by atoms with Crippen molar-refractivity contribution >= 4 is 51.8 Å². The van der Waals surface area contributed by atoms with Crippen LogP contribution in [0, 0.1) is 0 Å². The van der Waals surface area contributed by atoms with Crippen molar-refractivity contribution in [2.45, 2.75) is 11.6 Å². The van der Waals surface area contributed by atoms with Crippen LogP contribution in [0.3, 0.4) is 0 Å². The molecule has 0 saturated heterocycles. The SMILES string of the molecule is Cn1c(Cc2cccs2)nnc1SCC(=O)c1ccc(Cl)s1. The molecule has 22 heavy (non-hydrogen) atoms. The minimum absolute atomic E-state index is 0.0599. The summed E-state index contributed by atoms with van der Waals surface area (Å²) in [6.07, 6.45) is 0.760. The third-order valence-electron chi connectivity index (χ3n) is 3.02. The number of thiophene rings is 2. The summed E-state index contributed by atoms with van der Waals surface area (Å²) < 4.78 is 2.57. The first-order valence-electron chi connectivity index (χ1n) is 6.45. The second-order valence-electron chi connectivity index (χ2n) is 4.53. The van der Waals surface area contributed by atoms with Gasteiger partial charge in [0.2, 0.25) is 0 Å². The Balaban J connectivity index is 1.63. The lowest BCUT2D eigenvalue weighted by Gasteiger charge is -2.02. The maximum atomic E-state index is 12.1. The second-order valence-corrected chi connectivity index (χ2v) is 8.22. The molecule has 3 heterocycles. The summed E-state index contributed by atoms with van der Waals surface area (Å²) in [5, 5.41) is 11.2. The lowest BCUT2D eigenvalue weighted by atomic mass is 10.3. The predicted molar refractivity (Wildman–Crippen MR) is 92.5 cm³/mol. The van der Waals surface area contributed by atoms with Crippen molar-refractivity contribution in [2.24, 2.45) is 7.05 Å². The fourth-order valence-electron chi connectivity index (χ4n) is 1.86. The third-order valence-corrected chi connectivity index (χ3v) is 6.19. The van der Waals surface area contributed by atoms with Crippen LogP contribution >= 0.6 is 46.0 Å². The Labute approximate surface area is 145 Å². The van der Waals surface area contributed by atoms with Gasteiger partial charge >= 0.3 is 0 Å². The van der Waals surface area contributed by atoms with Crippen LogP contribution in [0.2, 0.25) is 4.34 Å². The summed E-state index contributed by atoms with van der Waals surface area (Å²) in [7, 11) is 1.93. The molecule has 0 unspecified atom stereocenters. The van der Waals surface area contributed by atoms with Crippen LogP contribution in [0.5, 0.6) is 0 Å². The molecule has 0 aromatic carbocycles. The van der Waals surface area contributed by atoms with Crippen LogP contribution in [-0.2, 0) is 13.5 Å². The standard InChI is InChI=1S/C14H12ClN3OS3/c1-18-13(7-9-3-2-6-20-9)16-17-14(18)21-8-10(19)11-4-5-12(15)22-11/h2-6H,7-8H2,1H3. The van der Waals surface area contributed by atoms with Crippen molar-refractivity contribution in [3.8, 4) is 0 Å². The van der Waals surface area contributed by atoms with Crippen molar-refractivity contribution in [1.29, 1.82) is 0 Å². The number of aromatic nitrogens is 3. The lowest BCUT2D eigenvalue weighted by Crippen LogP contribution is -2.03. The fraction of sp³-hybridized carbons (Fsp3) is 0.214. The van der Waals surface area contributed by atoms with Gasteiger partial charge in [-0.25, -0.2) is 0 Å². The van der Waals surface area contributed by atoms with Gasteiger partial charge in [-0.1, -0.05) is 29.4 Å². The van der Waals surface area contributed by atoms with Gasteiger partial charge in [0.05, 0.1) is 15.0 Å². The summed E-state index contributed by atoms with van der Waals surface area (Å²) in [6.45, 7) is 0. The number of hydrogen-bond donors (Lipinski definition) is 0. The first-order chi connectivity index (χ1) is 10.6. The Morgan fingerprint density at radius 2 is 2.23 bits per heavy atom. The molecule has 8 heteroatoms. The Bertz CT molecular complexity index is 779. The van der Waals surface area contributed by atoms with E-state index in [1.807, 2.05) is 23.1 Å². The lowest BCUT2D eigenvalue weighted by molar-refractivity contribution is 0.102. The molecule has 0 N–H and O–H groups in total. The van der Waals surface area contributed by atoms with Gasteiger partial charge in [-0.2, -0.15) is 0 Å². The van der Waals surface area contributed by atoms with Gasteiger partial charge in [-0.05, 0) is 23.6 Å². The van der Waals surface area contributed by atoms with Crippen LogP contribution in [0.1, 0.15) is 20.4 Å². The number of hydrogen-bond acceptors (Lipinski definition) is 6. The zero-order valence-corrected chi connectivity index (χ0v) is 14.9. The van der Waals surface area contributed by atoms with Crippen molar-refractivity contribution in [1.82, 2.24) is 14.8 Å². The Kier molecular flexibility index (Phi) is 4.97. The van der Waals surface area contributed by atoms with Crippen LogP contribution in [0.15, 0.2) is 34.8 Å². The van der Waals surface area contributed by atoms with E-state index < -0.39 is 0 Å². The van der Waals surface area contributed by atoms with Crippen LogP contribution in [0.4, 0.5) is 0 Å². The quantitative estimate of drug-likeness (QED) is 0.483. The maximum absolute atomic E-state index is 12.1. The molecule has 0 aliphatic rings. The van der Waals surface area contributed by atoms with Crippen LogP contribution < -0.4 is 0 Å². The van der Waals surface area contributed by atoms with Crippen LogP contribution in [0.25, 0.3) is 0 Å². The molecule has 114 valence electrons. The molecule has 0 amide bonds. The zero-order chi connectivity index (χ0) is 15.5. The van der Waals surface area contributed by atoms with E-state index >= 15 is 0 Å². The maximum Gasteiger partial charge on any atom is 0.191 e. The predicted octanol–water partition coefficient (Wildman–Crippen LogP) is 4.16. The monoisotopic (exact) mass is 369 g/mol. The van der Waals surface area contributed by atoms with E-state index in [9.17, 15) is 4.79 Å².